The number of hydrogen-bond donors (Lipinski definition) is 2. The minimum Gasteiger partial charge on any atom is -0.397 e. The zero-order valence-electron chi connectivity index (χ0n) is 11.1. The summed E-state index contributed by atoms with van der Waals surface area (Å²) in [7, 11) is 2.12. The fraction of sp³-hybridized carbons (Fsp3) is 0.615. The van der Waals surface area contributed by atoms with E-state index in [2.05, 4.69) is 17.3 Å². The molecule has 1 aliphatic heterocycles. The van der Waals surface area contributed by atoms with Gasteiger partial charge in [-0.15, -0.1) is 0 Å². The lowest BCUT2D eigenvalue weighted by molar-refractivity contribution is 0.0938. The smallest absolute Gasteiger partial charge is 0.267 e. The number of hydrogen-bond acceptors (Lipinski definition) is 3. The van der Waals surface area contributed by atoms with Gasteiger partial charge in [0, 0.05) is 25.8 Å². The van der Waals surface area contributed by atoms with Crippen molar-refractivity contribution in [2.24, 2.45) is 5.92 Å². The van der Waals surface area contributed by atoms with Gasteiger partial charge in [0.15, 0.2) is 0 Å². The van der Waals surface area contributed by atoms with Crippen LogP contribution in [0.4, 0.5) is 5.69 Å². The van der Waals surface area contributed by atoms with E-state index in [9.17, 15) is 4.79 Å². The molecule has 2 heterocycles. The van der Waals surface area contributed by atoms with Crippen molar-refractivity contribution in [3.8, 4) is 0 Å². The molecule has 1 atom stereocenters. The Kier molecular flexibility index (Phi) is 3.91. The van der Waals surface area contributed by atoms with E-state index < -0.39 is 0 Å². The first kappa shape index (κ1) is 13.0. The highest BCUT2D eigenvalue weighted by atomic mass is 16.1. The van der Waals surface area contributed by atoms with E-state index in [1.165, 1.54) is 0 Å². The van der Waals surface area contributed by atoms with Crippen molar-refractivity contribution in [3.63, 3.8) is 0 Å². The summed E-state index contributed by atoms with van der Waals surface area (Å²) < 4.78 is 1.88. The molecule has 1 amide bonds. The van der Waals surface area contributed by atoms with Crippen LogP contribution in [0.1, 0.15) is 23.8 Å². The van der Waals surface area contributed by atoms with Gasteiger partial charge in [-0.05, 0) is 38.9 Å². The molecule has 5 heteroatoms. The van der Waals surface area contributed by atoms with Gasteiger partial charge in [-0.25, -0.2) is 0 Å². The summed E-state index contributed by atoms with van der Waals surface area (Å²) in [6.45, 7) is 5.70. The minimum absolute atomic E-state index is 0.0249. The van der Waals surface area contributed by atoms with Crippen molar-refractivity contribution in [2.75, 3.05) is 32.4 Å². The Hall–Kier alpha value is -1.49. The molecule has 100 valence electrons. The highest BCUT2D eigenvalue weighted by Gasteiger charge is 2.20. The molecule has 0 aromatic carbocycles. The number of nitrogens with zero attached hydrogens (tertiary/aromatic N) is 2. The summed E-state index contributed by atoms with van der Waals surface area (Å²) in [5, 5.41) is 3.01. The molecular formula is C13H22N4O. The molecule has 1 aliphatic rings. The van der Waals surface area contributed by atoms with Gasteiger partial charge in [-0.1, -0.05) is 0 Å². The van der Waals surface area contributed by atoms with Gasteiger partial charge in [0.05, 0.1) is 5.69 Å². The van der Waals surface area contributed by atoms with Crippen LogP contribution in [-0.2, 0) is 6.54 Å². The van der Waals surface area contributed by atoms with Crippen LogP contribution in [0.5, 0.6) is 0 Å². The van der Waals surface area contributed by atoms with Gasteiger partial charge in [0.25, 0.3) is 5.91 Å². The maximum atomic E-state index is 12.1. The predicted octanol–water partition coefficient (Wildman–Crippen LogP) is 0.772. The molecule has 3 N–H and O–H groups in total. The van der Waals surface area contributed by atoms with Crippen molar-refractivity contribution in [3.05, 3.63) is 18.0 Å². The van der Waals surface area contributed by atoms with Crippen LogP contribution in [0.15, 0.2) is 12.3 Å². The Bertz CT molecular complexity index is 427. The molecule has 0 bridgehead atoms. The van der Waals surface area contributed by atoms with E-state index in [4.69, 9.17) is 5.73 Å². The molecule has 5 nitrogen and oxygen atoms in total. The van der Waals surface area contributed by atoms with E-state index in [0.717, 1.165) is 32.6 Å². The monoisotopic (exact) mass is 250 g/mol. The Morgan fingerprint density at radius 2 is 2.39 bits per heavy atom. The molecule has 2 rings (SSSR count). The quantitative estimate of drug-likeness (QED) is 0.829. The molecular weight excluding hydrogens is 228 g/mol. The summed E-state index contributed by atoms with van der Waals surface area (Å²) in [6, 6.07) is 1.74. The fourth-order valence-corrected chi connectivity index (χ4v) is 2.51. The SMILES string of the molecule is CCn1cc(N)cc1C(=O)NCC1CCN(C)C1. The zero-order valence-corrected chi connectivity index (χ0v) is 11.1. The molecule has 0 radical (unpaired) electrons. The first-order valence-corrected chi connectivity index (χ1v) is 6.52. The second-order valence-corrected chi connectivity index (χ2v) is 5.07. The summed E-state index contributed by atoms with van der Waals surface area (Å²) >= 11 is 0. The van der Waals surface area contributed by atoms with Crippen molar-refractivity contribution in [1.82, 2.24) is 14.8 Å². The van der Waals surface area contributed by atoms with Crippen molar-refractivity contribution < 1.29 is 4.79 Å². The van der Waals surface area contributed by atoms with Crippen LogP contribution in [0.25, 0.3) is 0 Å². The average Bonchev–Trinajstić information content (AvgIpc) is 2.92. The van der Waals surface area contributed by atoms with Crippen LogP contribution >= 0.6 is 0 Å². The molecule has 1 unspecified atom stereocenters. The third kappa shape index (κ3) is 2.85. The Balaban J connectivity index is 1.91. The topological polar surface area (TPSA) is 63.3 Å². The first-order valence-electron chi connectivity index (χ1n) is 6.52. The molecule has 18 heavy (non-hydrogen) atoms. The zero-order chi connectivity index (χ0) is 13.1. The van der Waals surface area contributed by atoms with Gasteiger partial charge in [0.2, 0.25) is 0 Å². The van der Waals surface area contributed by atoms with Crippen molar-refractivity contribution in [1.29, 1.82) is 0 Å². The Morgan fingerprint density at radius 1 is 1.61 bits per heavy atom. The van der Waals surface area contributed by atoms with Crippen molar-refractivity contribution in [2.45, 2.75) is 19.9 Å². The second kappa shape index (κ2) is 5.44. The van der Waals surface area contributed by atoms with Gasteiger partial charge < -0.3 is 20.5 Å². The molecule has 0 aliphatic carbocycles. The molecule has 0 saturated carbocycles. The number of aromatic nitrogens is 1. The van der Waals surface area contributed by atoms with Crippen LogP contribution in [-0.4, -0.2) is 42.1 Å². The lowest BCUT2D eigenvalue weighted by Gasteiger charge is -2.12. The number of nitrogens with one attached hydrogen (secondary N) is 1. The number of amides is 1. The number of nitrogen functional groups attached to an aromatic ring is 1. The third-order valence-electron chi connectivity index (χ3n) is 3.53. The number of carbonyl (C=O) groups excluding carboxylic acids is 1. The highest BCUT2D eigenvalue weighted by Crippen LogP contribution is 2.14. The van der Waals surface area contributed by atoms with Gasteiger partial charge in [-0.3, -0.25) is 4.79 Å². The molecule has 1 aromatic heterocycles. The Labute approximate surface area is 108 Å². The van der Waals surface area contributed by atoms with E-state index in [0.29, 0.717) is 17.3 Å². The van der Waals surface area contributed by atoms with E-state index in [1.54, 1.807) is 12.3 Å². The van der Waals surface area contributed by atoms with E-state index in [1.807, 2.05) is 11.5 Å². The van der Waals surface area contributed by atoms with Gasteiger partial charge >= 0.3 is 0 Å². The largest absolute Gasteiger partial charge is 0.397 e. The molecule has 0 spiro atoms. The fourth-order valence-electron chi connectivity index (χ4n) is 2.51. The van der Waals surface area contributed by atoms with Crippen LogP contribution < -0.4 is 11.1 Å². The van der Waals surface area contributed by atoms with Crippen LogP contribution in [0, 0.1) is 5.92 Å². The number of nitrogens with two attached hydrogens (primary N) is 1. The number of aryl methyl sites for hydroxylation is 1. The predicted molar refractivity (Wildman–Crippen MR) is 72.5 cm³/mol. The Morgan fingerprint density at radius 3 is 3.00 bits per heavy atom. The summed E-state index contributed by atoms with van der Waals surface area (Å²) in [5.74, 6) is 0.546. The number of rotatable bonds is 4. The van der Waals surface area contributed by atoms with Crippen LogP contribution in [0.2, 0.25) is 0 Å². The lowest BCUT2D eigenvalue weighted by atomic mass is 10.1. The normalized spacial score (nSPS) is 20.2. The number of carbonyl (C=O) groups is 1. The van der Waals surface area contributed by atoms with Gasteiger partial charge in [0.1, 0.15) is 5.69 Å². The third-order valence-corrected chi connectivity index (χ3v) is 3.53. The molecule has 1 aromatic rings. The highest BCUT2D eigenvalue weighted by molar-refractivity contribution is 5.93. The van der Waals surface area contributed by atoms with E-state index >= 15 is 0 Å². The first-order chi connectivity index (χ1) is 8.60. The molecule has 1 fully saturated rings. The number of likely N-dealkylation sites (tertiary alicyclic amines) is 1. The molecule has 1 saturated heterocycles. The van der Waals surface area contributed by atoms with Crippen LogP contribution in [0.3, 0.4) is 0 Å². The summed E-state index contributed by atoms with van der Waals surface area (Å²) in [5.41, 5.74) is 7.02. The lowest BCUT2D eigenvalue weighted by Crippen LogP contribution is -2.31. The number of anilines is 1. The maximum Gasteiger partial charge on any atom is 0.267 e. The standard InChI is InChI=1S/C13H22N4O/c1-3-17-9-11(14)6-12(17)13(18)15-7-10-4-5-16(2)8-10/h6,9-10H,3-5,7-8,14H2,1-2H3,(H,15,18). The summed E-state index contributed by atoms with van der Waals surface area (Å²) in [4.78, 5) is 14.4. The second-order valence-electron chi connectivity index (χ2n) is 5.07. The van der Waals surface area contributed by atoms with Crippen molar-refractivity contribution >= 4 is 11.6 Å². The van der Waals surface area contributed by atoms with E-state index in [-0.39, 0.29) is 5.91 Å². The minimum atomic E-state index is -0.0249. The maximum absolute atomic E-state index is 12.1. The van der Waals surface area contributed by atoms with Gasteiger partial charge in [-0.2, -0.15) is 0 Å². The summed E-state index contributed by atoms with van der Waals surface area (Å²) in [6.07, 6.45) is 2.96. The average molecular weight is 250 g/mol.